The van der Waals surface area contributed by atoms with Crippen LogP contribution in [-0.2, 0) is 10.1 Å². The van der Waals surface area contributed by atoms with Crippen LogP contribution < -0.4 is 5.32 Å². The molecule has 0 bridgehead atoms. The second kappa shape index (κ2) is 8.47. The van der Waals surface area contributed by atoms with E-state index in [0.717, 1.165) is 6.42 Å². The summed E-state index contributed by atoms with van der Waals surface area (Å²) in [4.78, 5) is 0. The zero-order valence-electron chi connectivity index (χ0n) is 8.87. The molecule has 2 N–H and O–H groups in total. The summed E-state index contributed by atoms with van der Waals surface area (Å²) in [7, 11) is 0.0302. The van der Waals surface area contributed by atoms with Crippen molar-refractivity contribution in [1.29, 1.82) is 0 Å². The molecule has 0 aromatic carbocycles. The van der Waals surface area contributed by atoms with Gasteiger partial charge in [0, 0.05) is 0 Å². The lowest BCUT2D eigenvalue weighted by atomic mass is 10.1. The van der Waals surface area contributed by atoms with Gasteiger partial charge in [-0.25, -0.2) is 0 Å². The third-order valence-electron chi connectivity index (χ3n) is 1.18. The van der Waals surface area contributed by atoms with Crippen molar-refractivity contribution in [1.82, 2.24) is 5.32 Å². The van der Waals surface area contributed by atoms with Gasteiger partial charge in [-0.05, 0) is 32.9 Å². The van der Waals surface area contributed by atoms with E-state index in [4.69, 9.17) is 4.55 Å². The summed E-state index contributed by atoms with van der Waals surface area (Å²) in [6.45, 7) is 4.04. The average molecular weight is 211 g/mol. The molecule has 0 atom stereocenters. The highest BCUT2D eigenvalue weighted by atomic mass is 32.2. The Bertz CT molecular complexity index is 188. The van der Waals surface area contributed by atoms with Crippen molar-refractivity contribution in [2.75, 3.05) is 19.8 Å². The van der Waals surface area contributed by atoms with Crippen LogP contribution in [0.2, 0.25) is 0 Å². The molecule has 0 aromatic rings. The molecule has 0 saturated heterocycles. The van der Waals surface area contributed by atoms with Gasteiger partial charge < -0.3 is 5.32 Å². The largest absolute Gasteiger partial charge is 0.323 e. The van der Waals surface area contributed by atoms with E-state index in [9.17, 15) is 8.42 Å². The summed E-state index contributed by atoms with van der Waals surface area (Å²) in [6, 6.07) is 0. The fourth-order valence-electron chi connectivity index (χ4n) is 0.674. The van der Waals surface area contributed by atoms with Gasteiger partial charge in [0.25, 0.3) is 10.1 Å². The molecule has 0 aliphatic heterocycles. The third kappa shape index (κ3) is 24.5. The van der Waals surface area contributed by atoms with Gasteiger partial charge in [0.05, 0.1) is 5.75 Å². The molecule has 0 aliphatic rings. The zero-order chi connectivity index (χ0) is 10.9. The summed E-state index contributed by atoms with van der Waals surface area (Å²) in [5, 5.41) is 2.75. The van der Waals surface area contributed by atoms with Gasteiger partial charge in [0.15, 0.2) is 0 Å². The van der Waals surface area contributed by atoms with Gasteiger partial charge in [0.2, 0.25) is 0 Å². The Morgan fingerprint density at radius 2 is 1.69 bits per heavy atom. The molecule has 0 radical (unpaired) electrons. The fourth-order valence-corrected chi connectivity index (χ4v) is 1.21. The first-order valence-corrected chi connectivity index (χ1v) is 5.98. The predicted molar refractivity (Wildman–Crippen MR) is 55.5 cm³/mol. The summed E-state index contributed by atoms with van der Waals surface area (Å²) >= 11 is 0. The molecule has 5 heteroatoms. The molecule has 82 valence electrons. The quantitative estimate of drug-likeness (QED) is 0.684. The molecular formula is C8H21NO3S. The first-order valence-electron chi connectivity index (χ1n) is 4.37. The van der Waals surface area contributed by atoms with E-state index in [0.29, 0.717) is 12.3 Å². The molecule has 0 spiro atoms. The summed E-state index contributed by atoms with van der Waals surface area (Å²) < 4.78 is 28.6. The number of hydrogen-bond donors (Lipinski definition) is 2. The maximum absolute atomic E-state index is 10.2. The van der Waals surface area contributed by atoms with Gasteiger partial charge in [-0.2, -0.15) is 8.42 Å². The Balaban J connectivity index is 0. The van der Waals surface area contributed by atoms with Crippen LogP contribution in [0.25, 0.3) is 0 Å². The van der Waals surface area contributed by atoms with Crippen molar-refractivity contribution in [3.05, 3.63) is 0 Å². The van der Waals surface area contributed by atoms with Crippen molar-refractivity contribution in [3.63, 3.8) is 0 Å². The van der Waals surface area contributed by atoms with Crippen LogP contribution in [0.15, 0.2) is 0 Å². The smallest absolute Gasteiger partial charge is 0.264 e. The standard InChI is InChI=1S/C6H14O3S.C2H7N/c1-6(2)4-3-5-10(7,8)9;1-3-2/h6H,3-5H2,1-2H3,(H,7,8,9);3H,1-2H3. The highest BCUT2D eigenvalue weighted by Gasteiger charge is 2.03. The van der Waals surface area contributed by atoms with Gasteiger partial charge >= 0.3 is 0 Å². The molecule has 0 aliphatic carbocycles. The Hall–Kier alpha value is -0.130. The van der Waals surface area contributed by atoms with Crippen LogP contribution in [0, 0.1) is 5.92 Å². The van der Waals surface area contributed by atoms with Gasteiger partial charge in [-0.1, -0.05) is 13.8 Å². The lowest BCUT2D eigenvalue weighted by Crippen LogP contribution is -2.04. The summed E-state index contributed by atoms with van der Waals surface area (Å²) in [6.07, 6.45) is 1.40. The molecule has 0 aromatic heterocycles. The van der Waals surface area contributed by atoms with Crippen molar-refractivity contribution >= 4 is 10.1 Å². The Kier molecular flexibility index (Phi) is 10.00. The topological polar surface area (TPSA) is 66.4 Å². The SMILES string of the molecule is CC(C)CCCS(=O)(=O)O.CNC. The molecule has 0 saturated carbocycles. The summed E-state index contributed by atoms with van der Waals surface area (Å²) in [5.74, 6) is 0.396. The Morgan fingerprint density at radius 3 is 1.92 bits per heavy atom. The third-order valence-corrected chi connectivity index (χ3v) is 1.99. The van der Waals surface area contributed by atoms with Crippen LogP contribution in [0.3, 0.4) is 0 Å². The molecule has 0 rings (SSSR count). The van der Waals surface area contributed by atoms with E-state index in [2.05, 4.69) is 5.32 Å². The molecule has 0 fully saturated rings. The highest BCUT2D eigenvalue weighted by molar-refractivity contribution is 7.85. The maximum atomic E-state index is 10.2. The number of hydrogen-bond acceptors (Lipinski definition) is 3. The minimum Gasteiger partial charge on any atom is -0.323 e. The number of nitrogens with one attached hydrogen (secondary N) is 1. The second-order valence-corrected chi connectivity index (χ2v) is 4.89. The predicted octanol–water partition coefficient (Wildman–Crippen LogP) is 1.15. The monoisotopic (exact) mass is 211 g/mol. The van der Waals surface area contributed by atoms with E-state index in [1.807, 2.05) is 27.9 Å². The lowest BCUT2D eigenvalue weighted by Gasteiger charge is -2.00. The zero-order valence-corrected chi connectivity index (χ0v) is 9.69. The van der Waals surface area contributed by atoms with E-state index < -0.39 is 10.1 Å². The number of rotatable bonds is 4. The highest BCUT2D eigenvalue weighted by Crippen LogP contribution is 2.04. The van der Waals surface area contributed by atoms with Crippen molar-refractivity contribution in [3.8, 4) is 0 Å². The van der Waals surface area contributed by atoms with E-state index >= 15 is 0 Å². The minimum atomic E-state index is -3.72. The maximum Gasteiger partial charge on any atom is 0.264 e. The van der Waals surface area contributed by atoms with Crippen LogP contribution in [-0.4, -0.2) is 32.8 Å². The van der Waals surface area contributed by atoms with Crippen molar-refractivity contribution in [2.24, 2.45) is 5.92 Å². The molecular weight excluding hydrogens is 190 g/mol. The van der Waals surface area contributed by atoms with Crippen molar-refractivity contribution in [2.45, 2.75) is 26.7 Å². The van der Waals surface area contributed by atoms with E-state index in [1.54, 1.807) is 0 Å². The first-order chi connectivity index (χ1) is 5.83. The Labute approximate surface area is 81.5 Å². The molecule has 0 heterocycles. The molecule has 4 nitrogen and oxygen atoms in total. The Morgan fingerprint density at radius 1 is 1.31 bits per heavy atom. The minimum absolute atomic E-state index is 0.106. The van der Waals surface area contributed by atoms with E-state index in [-0.39, 0.29) is 5.75 Å². The van der Waals surface area contributed by atoms with Crippen LogP contribution in [0.5, 0.6) is 0 Å². The molecule has 0 amide bonds. The van der Waals surface area contributed by atoms with Crippen LogP contribution >= 0.6 is 0 Å². The van der Waals surface area contributed by atoms with Crippen LogP contribution in [0.1, 0.15) is 26.7 Å². The van der Waals surface area contributed by atoms with Crippen molar-refractivity contribution < 1.29 is 13.0 Å². The fraction of sp³-hybridized carbons (Fsp3) is 1.00. The second-order valence-electron chi connectivity index (χ2n) is 3.32. The van der Waals surface area contributed by atoms with Crippen LogP contribution in [0.4, 0.5) is 0 Å². The molecule has 13 heavy (non-hydrogen) atoms. The molecule has 0 unspecified atom stereocenters. The van der Waals surface area contributed by atoms with Gasteiger partial charge in [-0.15, -0.1) is 0 Å². The van der Waals surface area contributed by atoms with Gasteiger partial charge in [-0.3, -0.25) is 4.55 Å². The average Bonchev–Trinajstić information content (AvgIpc) is 1.84. The first kappa shape index (κ1) is 15.3. The van der Waals surface area contributed by atoms with Gasteiger partial charge in [0.1, 0.15) is 0 Å². The normalized spacial score (nSPS) is 10.9. The lowest BCUT2D eigenvalue weighted by molar-refractivity contribution is 0.475. The summed E-state index contributed by atoms with van der Waals surface area (Å²) in [5.41, 5.74) is 0. The van der Waals surface area contributed by atoms with E-state index in [1.165, 1.54) is 0 Å².